The van der Waals surface area contributed by atoms with E-state index in [2.05, 4.69) is 30.3 Å². The van der Waals surface area contributed by atoms with E-state index >= 15 is 0 Å². The van der Waals surface area contributed by atoms with Gasteiger partial charge in [0, 0.05) is 5.92 Å². The summed E-state index contributed by atoms with van der Waals surface area (Å²) in [5, 5.41) is 31.6. The standard InChI is InChI=1S/C40H20/c1-2-12-14-5-6-16-18-9-10-20-19-8-7-17-15-4-3-13-11(1)21-22(12)32-24(14)26(16)34-29(18)30(20)35-28(19)27(17)33-25(15)23(13)31(21)36-37(32)39(34)40(35)38(33)36/h1-5,16-20H,6-10H2. The van der Waals surface area contributed by atoms with Crippen molar-refractivity contribution in [2.75, 3.05) is 0 Å². The van der Waals surface area contributed by atoms with E-state index in [1.54, 1.807) is 103 Å². The average molecular weight is 501 g/mol. The van der Waals surface area contributed by atoms with Crippen molar-refractivity contribution in [1.82, 2.24) is 0 Å². The van der Waals surface area contributed by atoms with Gasteiger partial charge in [-0.25, -0.2) is 0 Å². The molecule has 0 fully saturated rings. The topological polar surface area (TPSA) is 0 Å². The summed E-state index contributed by atoms with van der Waals surface area (Å²) in [4.78, 5) is 0. The van der Waals surface area contributed by atoms with Crippen molar-refractivity contribution in [3.8, 4) is 0 Å². The number of rotatable bonds is 0. The zero-order valence-electron chi connectivity index (χ0n) is 21.8. The van der Waals surface area contributed by atoms with Crippen molar-refractivity contribution >= 4 is 103 Å². The van der Waals surface area contributed by atoms with E-state index in [4.69, 9.17) is 0 Å². The van der Waals surface area contributed by atoms with E-state index in [-0.39, 0.29) is 0 Å². The summed E-state index contributed by atoms with van der Waals surface area (Å²) in [6.07, 6.45) is 9.53. The molecule has 10 aromatic carbocycles. The summed E-state index contributed by atoms with van der Waals surface area (Å²) >= 11 is 0. The molecule has 180 valence electrons. The molecule has 0 aliphatic heterocycles. The van der Waals surface area contributed by atoms with E-state index < -0.39 is 0 Å². The fourth-order valence-electron chi connectivity index (χ4n) is 13.9. The first-order chi connectivity index (χ1) is 19.9. The van der Waals surface area contributed by atoms with Gasteiger partial charge in [-0.2, -0.15) is 0 Å². The molecule has 5 atom stereocenters. The van der Waals surface area contributed by atoms with E-state index in [1.807, 2.05) is 22.3 Å². The highest BCUT2D eigenvalue weighted by Crippen LogP contribution is 2.73. The van der Waals surface area contributed by atoms with Crippen LogP contribution in [0, 0.1) is 0 Å². The van der Waals surface area contributed by atoms with E-state index in [9.17, 15) is 0 Å². The average Bonchev–Trinajstić information content (AvgIpc) is 3.79. The van der Waals surface area contributed by atoms with Crippen LogP contribution in [0.3, 0.4) is 0 Å². The molecule has 0 heteroatoms. The lowest BCUT2D eigenvalue weighted by molar-refractivity contribution is 0.389. The van der Waals surface area contributed by atoms with Crippen LogP contribution >= 0.6 is 0 Å². The fourth-order valence-corrected chi connectivity index (χ4v) is 13.9. The quantitative estimate of drug-likeness (QED) is 0.182. The van der Waals surface area contributed by atoms with Crippen molar-refractivity contribution < 1.29 is 0 Å². The smallest absolute Gasteiger partial charge is 0.0105 e. The Morgan fingerprint density at radius 1 is 0.375 bits per heavy atom. The Morgan fingerprint density at radius 3 is 1.77 bits per heavy atom. The Hall–Kier alpha value is -3.90. The number of benzene rings is 7. The van der Waals surface area contributed by atoms with Gasteiger partial charge in [-0.05, 0) is 191 Å². The largest absolute Gasteiger partial charge is 0.0754 e. The number of hydrogen-bond donors (Lipinski definition) is 0. The molecule has 0 nitrogen and oxygen atoms in total. The third-order valence-corrected chi connectivity index (χ3v) is 14.5. The van der Waals surface area contributed by atoms with Gasteiger partial charge in [-0.3, -0.25) is 0 Å². The molecule has 6 aliphatic carbocycles. The molecule has 0 aromatic heterocycles. The third kappa shape index (κ3) is 1.14. The zero-order valence-corrected chi connectivity index (χ0v) is 21.8. The van der Waals surface area contributed by atoms with Gasteiger partial charge < -0.3 is 0 Å². The van der Waals surface area contributed by atoms with Gasteiger partial charge in [0.25, 0.3) is 0 Å². The molecule has 0 saturated carbocycles. The normalized spacial score (nSPS) is 28.9. The summed E-state index contributed by atoms with van der Waals surface area (Å²) in [5.41, 5.74) is 10.9. The minimum absolute atomic E-state index is 0.623. The Morgan fingerprint density at radius 2 is 0.925 bits per heavy atom. The monoisotopic (exact) mass is 500 g/mol. The first-order valence-corrected chi connectivity index (χ1v) is 16.0. The molecular formula is C40H20. The predicted octanol–water partition coefficient (Wildman–Crippen LogP) is 9.99. The highest BCUT2D eigenvalue weighted by Gasteiger charge is 2.53. The lowest BCUT2D eigenvalue weighted by Crippen LogP contribution is -2.20. The molecule has 0 amide bonds. The van der Waals surface area contributed by atoms with Crippen molar-refractivity contribution in [3.05, 3.63) is 62.9 Å². The van der Waals surface area contributed by atoms with Crippen molar-refractivity contribution in [2.24, 2.45) is 0 Å². The minimum atomic E-state index is 0.623. The van der Waals surface area contributed by atoms with E-state index in [1.165, 1.54) is 42.9 Å². The van der Waals surface area contributed by atoms with Crippen molar-refractivity contribution in [3.63, 3.8) is 0 Å². The predicted molar refractivity (Wildman–Crippen MR) is 167 cm³/mol. The molecule has 6 aliphatic rings. The van der Waals surface area contributed by atoms with Crippen molar-refractivity contribution in [1.29, 1.82) is 0 Å². The van der Waals surface area contributed by atoms with Crippen LogP contribution in [0.2, 0.25) is 0 Å². The first-order valence-electron chi connectivity index (χ1n) is 16.0. The molecule has 16 rings (SSSR count). The maximum Gasteiger partial charge on any atom is 0.0105 e. The van der Waals surface area contributed by atoms with Crippen LogP contribution < -0.4 is 5.22 Å². The molecule has 0 radical (unpaired) electrons. The summed E-state index contributed by atoms with van der Waals surface area (Å²) in [6.45, 7) is 0. The molecular weight excluding hydrogens is 480 g/mol. The van der Waals surface area contributed by atoms with Crippen LogP contribution in [0.4, 0.5) is 0 Å². The van der Waals surface area contributed by atoms with E-state index in [0.29, 0.717) is 11.8 Å². The second-order valence-corrected chi connectivity index (χ2v) is 15.0. The molecule has 5 unspecified atom stereocenters. The molecule has 0 spiro atoms. The van der Waals surface area contributed by atoms with Crippen molar-refractivity contribution in [2.45, 2.75) is 61.7 Å². The molecule has 0 saturated heterocycles. The molecule has 40 heavy (non-hydrogen) atoms. The molecule has 0 N–H and O–H groups in total. The summed E-state index contributed by atoms with van der Waals surface area (Å²) in [6, 6.07) is 10.2. The third-order valence-electron chi connectivity index (χ3n) is 14.5. The highest BCUT2D eigenvalue weighted by atomic mass is 14.6. The summed E-state index contributed by atoms with van der Waals surface area (Å²) in [5.74, 6) is 3.63. The van der Waals surface area contributed by atoms with Gasteiger partial charge in [0.05, 0.1) is 0 Å². The van der Waals surface area contributed by atoms with Gasteiger partial charge in [0.1, 0.15) is 0 Å². The first kappa shape index (κ1) is 17.0. The minimum Gasteiger partial charge on any atom is -0.0754 e. The Bertz CT molecular complexity index is 3020. The fraction of sp³-hybridized carbons (Fsp3) is 0.250. The maximum absolute atomic E-state index is 2.69. The SMILES string of the molecule is C1=c2c3ccc4c5ccc6c7c8c9c%10c%11c%12c%13c%14c(c2c2c3c4c(c57)c3c8c%11c%14c23)C(C1)C%13CCC%12C%10CCC69. The van der Waals surface area contributed by atoms with Gasteiger partial charge in [0.2, 0.25) is 0 Å². The van der Waals surface area contributed by atoms with Gasteiger partial charge in [-0.15, -0.1) is 0 Å². The van der Waals surface area contributed by atoms with E-state index in [0.717, 1.165) is 17.8 Å². The lowest BCUT2D eigenvalue weighted by Gasteiger charge is -2.35. The lowest BCUT2D eigenvalue weighted by atomic mass is 9.68. The van der Waals surface area contributed by atoms with Crippen LogP contribution in [0.25, 0.3) is 103 Å². The molecule has 0 heterocycles. The zero-order chi connectivity index (χ0) is 24.4. The molecule has 10 aromatic rings. The number of fused-ring (bicyclic) bond motifs is 5. The number of hydrogen-bond acceptors (Lipinski definition) is 0. The van der Waals surface area contributed by atoms with Crippen LogP contribution in [0.1, 0.15) is 95.1 Å². The van der Waals surface area contributed by atoms with Gasteiger partial charge >= 0.3 is 0 Å². The van der Waals surface area contributed by atoms with Crippen LogP contribution in [-0.2, 0) is 0 Å². The maximum atomic E-state index is 2.69. The van der Waals surface area contributed by atoms with Crippen LogP contribution in [-0.4, -0.2) is 0 Å². The summed E-state index contributed by atoms with van der Waals surface area (Å²) in [7, 11) is 0. The van der Waals surface area contributed by atoms with Gasteiger partial charge in [-0.1, -0.05) is 30.3 Å². The Balaban J connectivity index is 1.47. The summed E-state index contributed by atoms with van der Waals surface area (Å²) < 4.78 is 0. The van der Waals surface area contributed by atoms with Crippen LogP contribution in [0.5, 0.6) is 0 Å². The second kappa shape index (κ2) is 4.42. The Labute approximate surface area is 227 Å². The highest BCUT2D eigenvalue weighted by molar-refractivity contribution is 6.60. The van der Waals surface area contributed by atoms with Gasteiger partial charge in [0.15, 0.2) is 0 Å². The molecule has 0 bridgehead atoms. The van der Waals surface area contributed by atoms with Crippen LogP contribution in [0.15, 0.2) is 24.3 Å². The Kier molecular flexibility index (Phi) is 1.88. The second-order valence-electron chi connectivity index (χ2n) is 15.0.